The summed E-state index contributed by atoms with van der Waals surface area (Å²) in [6.45, 7) is 18.3. The maximum Gasteiger partial charge on any atom is 0.192 e. The molecule has 0 heterocycles. The lowest BCUT2D eigenvalue weighted by Gasteiger charge is -2.42. The topological polar surface area (TPSA) is 9.23 Å². The molecule has 1 aromatic carbocycles. The molecule has 0 spiro atoms. The third kappa shape index (κ3) is 5.44. The van der Waals surface area contributed by atoms with Crippen LogP contribution >= 0.6 is 0 Å². The first-order valence-electron chi connectivity index (χ1n) is 7.84. The highest BCUT2D eigenvalue weighted by molar-refractivity contribution is 6.74. The molecule has 0 aliphatic carbocycles. The molecule has 1 rings (SSSR count). The second-order valence-electron chi connectivity index (χ2n) is 8.43. The van der Waals surface area contributed by atoms with Crippen LogP contribution < -0.4 is 0 Å². The molecule has 0 radical (unpaired) electrons. The minimum absolute atomic E-state index is 0.0980. The Morgan fingerprint density at radius 1 is 0.952 bits per heavy atom. The van der Waals surface area contributed by atoms with Gasteiger partial charge in [-0.05, 0) is 29.1 Å². The lowest BCUT2D eigenvalue weighted by Crippen LogP contribution is -2.46. The summed E-state index contributed by atoms with van der Waals surface area (Å²) in [6.07, 6.45) is 4.55. The average molecular weight is 305 g/mol. The van der Waals surface area contributed by atoms with Gasteiger partial charge in [-0.2, -0.15) is 0 Å². The van der Waals surface area contributed by atoms with E-state index in [0.29, 0.717) is 0 Å². The highest BCUT2D eigenvalue weighted by Crippen LogP contribution is 2.40. The zero-order chi connectivity index (χ0) is 16.3. The Bertz CT molecular complexity index is 461. The molecule has 1 atom stereocenters. The summed E-state index contributed by atoms with van der Waals surface area (Å²) in [6, 6.07) is 10.4. The van der Waals surface area contributed by atoms with Crippen molar-refractivity contribution >= 4 is 14.4 Å². The van der Waals surface area contributed by atoms with Gasteiger partial charge in [0.15, 0.2) is 8.32 Å². The van der Waals surface area contributed by atoms with Crippen molar-refractivity contribution in [1.29, 1.82) is 0 Å². The number of benzene rings is 1. The second kappa shape index (κ2) is 6.49. The lowest BCUT2D eigenvalue weighted by molar-refractivity contribution is 0.114. The average Bonchev–Trinajstić information content (AvgIpc) is 2.33. The molecule has 1 aromatic rings. The van der Waals surface area contributed by atoms with E-state index in [1.54, 1.807) is 0 Å². The predicted octanol–water partition coefficient (Wildman–Crippen LogP) is 6.14. The van der Waals surface area contributed by atoms with Crippen LogP contribution in [0.4, 0.5) is 0 Å². The molecule has 0 fully saturated rings. The standard InChI is InChI=1S/C19H32OSi/c1-18(2,3)17(20-21(7,8)19(4,5)6)15-14-16-12-10-9-11-13-16/h9-15,17H,1-8H3/b15-14+. The molecule has 0 amide bonds. The minimum atomic E-state index is -1.77. The van der Waals surface area contributed by atoms with Crippen molar-refractivity contribution in [3.05, 3.63) is 42.0 Å². The Labute approximate surface area is 132 Å². The van der Waals surface area contributed by atoms with Gasteiger partial charge in [-0.25, -0.2) is 0 Å². The van der Waals surface area contributed by atoms with Crippen molar-refractivity contribution in [1.82, 2.24) is 0 Å². The van der Waals surface area contributed by atoms with E-state index < -0.39 is 8.32 Å². The van der Waals surface area contributed by atoms with Crippen molar-refractivity contribution in [2.75, 3.05) is 0 Å². The summed E-state index contributed by atoms with van der Waals surface area (Å²) >= 11 is 0. The summed E-state index contributed by atoms with van der Waals surface area (Å²) < 4.78 is 6.64. The van der Waals surface area contributed by atoms with Gasteiger partial charge in [-0.3, -0.25) is 0 Å². The van der Waals surface area contributed by atoms with Gasteiger partial charge >= 0.3 is 0 Å². The van der Waals surface area contributed by atoms with Gasteiger partial charge in [-0.15, -0.1) is 0 Å². The summed E-state index contributed by atoms with van der Waals surface area (Å²) in [5.74, 6) is 0. The first-order valence-corrected chi connectivity index (χ1v) is 10.8. The van der Waals surface area contributed by atoms with Crippen LogP contribution in [0.5, 0.6) is 0 Å². The van der Waals surface area contributed by atoms with Crippen molar-refractivity contribution in [2.45, 2.75) is 65.8 Å². The quantitative estimate of drug-likeness (QED) is 0.607. The van der Waals surface area contributed by atoms with Gasteiger partial charge in [0.25, 0.3) is 0 Å². The maximum atomic E-state index is 6.64. The van der Waals surface area contributed by atoms with Crippen LogP contribution in [0.25, 0.3) is 6.08 Å². The summed E-state index contributed by atoms with van der Waals surface area (Å²) in [5, 5.41) is 0.233. The van der Waals surface area contributed by atoms with E-state index in [2.05, 4.69) is 91.1 Å². The molecule has 2 heteroatoms. The van der Waals surface area contributed by atoms with Crippen LogP contribution in [0.15, 0.2) is 36.4 Å². The van der Waals surface area contributed by atoms with E-state index in [-0.39, 0.29) is 16.6 Å². The Morgan fingerprint density at radius 2 is 1.48 bits per heavy atom. The molecule has 0 N–H and O–H groups in total. The first-order chi connectivity index (χ1) is 9.43. The predicted molar refractivity (Wildman–Crippen MR) is 97.0 cm³/mol. The molecule has 0 aromatic heterocycles. The molecule has 118 valence electrons. The number of hydrogen-bond donors (Lipinski definition) is 0. The molecule has 21 heavy (non-hydrogen) atoms. The van der Waals surface area contributed by atoms with Gasteiger partial charge < -0.3 is 4.43 Å². The smallest absolute Gasteiger partial charge is 0.192 e. The molecular formula is C19H32OSi. The van der Waals surface area contributed by atoms with Gasteiger partial charge in [0.1, 0.15) is 0 Å². The van der Waals surface area contributed by atoms with Crippen molar-refractivity contribution in [3.8, 4) is 0 Å². The van der Waals surface area contributed by atoms with E-state index >= 15 is 0 Å². The molecule has 0 saturated heterocycles. The lowest BCUT2D eigenvalue weighted by atomic mass is 9.89. The Morgan fingerprint density at radius 3 is 1.90 bits per heavy atom. The van der Waals surface area contributed by atoms with Gasteiger partial charge in [-0.1, -0.05) is 84.0 Å². The highest BCUT2D eigenvalue weighted by atomic mass is 28.4. The second-order valence-corrected chi connectivity index (χ2v) is 13.2. The van der Waals surface area contributed by atoms with Crippen molar-refractivity contribution < 1.29 is 4.43 Å². The van der Waals surface area contributed by atoms with Crippen LogP contribution in [0.2, 0.25) is 18.1 Å². The largest absolute Gasteiger partial charge is 0.410 e. The summed E-state index contributed by atoms with van der Waals surface area (Å²) in [4.78, 5) is 0. The molecule has 1 nitrogen and oxygen atoms in total. The number of rotatable bonds is 4. The fourth-order valence-electron chi connectivity index (χ4n) is 1.76. The van der Waals surface area contributed by atoms with E-state index in [9.17, 15) is 0 Å². The van der Waals surface area contributed by atoms with Crippen LogP contribution in [-0.4, -0.2) is 14.4 Å². The summed E-state index contributed by atoms with van der Waals surface area (Å²) in [7, 11) is -1.77. The zero-order valence-electron chi connectivity index (χ0n) is 15.0. The molecule has 0 bridgehead atoms. The third-order valence-electron chi connectivity index (χ3n) is 4.34. The fraction of sp³-hybridized carbons (Fsp3) is 0.579. The molecule has 1 unspecified atom stereocenters. The zero-order valence-corrected chi connectivity index (χ0v) is 16.0. The molecule has 0 saturated carbocycles. The van der Waals surface area contributed by atoms with Crippen LogP contribution in [0, 0.1) is 5.41 Å². The minimum Gasteiger partial charge on any atom is -0.410 e. The van der Waals surface area contributed by atoms with Gasteiger partial charge in [0, 0.05) is 0 Å². The van der Waals surface area contributed by atoms with Crippen molar-refractivity contribution in [3.63, 3.8) is 0 Å². The highest BCUT2D eigenvalue weighted by Gasteiger charge is 2.40. The van der Waals surface area contributed by atoms with Gasteiger partial charge in [0.05, 0.1) is 6.10 Å². The Hall–Kier alpha value is -0.863. The molecule has 0 aliphatic heterocycles. The SMILES string of the molecule is CC(C)(C)C(/C=C/c1ccccc1)O[Si](C)(C)C(C)(C)C. The van der Waals surface area contributed by atoms with E-state index in [1.807, 2.05) is 6.07 Å². The van der Waals surface area contributed by atoms with E-state index in [0.717, 1.165) is 0 Å². The molecule has 0 aliphatic rings. The van der Waals surface area contributed by atoms with Gasteiger partial charge in [0.2, 0.25) is 0 Å². The fourth-order valence-corrected chi connectivity index (χ4v) is 3.18. The van der Waals surface area contributed by atoms with E-state index in [1.165, 1.54) is 5.56 Å². The van der Waals surface area contributed by atoms with Crippen LogP contribution in [0.1, 0.15) is 47.1 Å². The van der Waals surface area contributed by atoms with Crippen LogP contribution in [0.3, 0.4) is 0 Å². The Balaban J connectivity index is 2.96. The molecular weight excluding hydrogens is 272 g/mol. The summed E-state index contributed by atoms with van der Waals surface area (Å²) in [5.41, 5.74) is 1.33. The monoisotopic (exact) mass is 304 g/mol. The maximum absolute atomic E-state index is 6.64. The normalized spacial score (nSPS) is 15.4. The van der Waals surface area contributed by atoms with E-state index in [4.69, 9.17) is 4.43 Å². The number of hydrogen-bond acceptors (Lipinski definition) is 1. The van der Waals surface area contributed by atoms with Crippen LogP contribution in [-0.2, 0) is 4.43 Å². The Kier molecular flexibility index (Phi) is 5.62. The third-order valence-corrected chi connectivity index (χ3v) is 8.80. The first kappa shape index (κ1) is 18.2. The van der Waals surface area contributed by atoms with Crippen molar-refractivity contribution in [2.24, 2.45) is 5.41 Å².